The van der Waals surface area contributed by atoms with Gasteiger partial charge in [0.2, 0.25) is 0 Å². The Hall–Kier alpha value is -1.66. The van der Waals surface area contributed by atoms with Gasteiger partial charge >= 0.3 is 5.97 Å². The van der Waals surface area contributed by atoms with Crippen molar-refractivity contribution in [3.8, 4) is 0 Å². The van der Waals surface area contributed by atoms with Gasteiger partial charge in [0.15, 0.2) is 6.10 Å². The topological polar surface area (TPSA) is 88.5 Å². The van der Waals surface area contributed by atoms with Gasteiger partial charge in [0.25, 0.3) is 5.91 Å². The molecule has 1 unspecified atom stereocenters. The molecule has 1 atom stereocenters. The highest BCUT2D eigenvalue weighted by molar-refractivity contribution is 6.29. The molecule has 0 saturated heterocycles. The monoisotopic (exact) mass is 272 g/mol. The molecule has 0 fully saturated rings. The third-order valence-corrected chi connectivity index (χ3v) is 2.31. The number of pyridine rings is 1. The predicted octanol–water partition coefficient (Wildman–Crippen LogP) is 0.307. The molecule has 98 valence electrons. The SMILES string of the molecule is COC(=O)C(O)CNC(=O)c1cc(C)nc(Cl)c1. The molecule has 2 N–H and O–H groups in total. The summed E-state index contributed by atoms with van der Waals surface area (Å²) in [6, 6.07) is 2.94. The van der Waals surface area contributed by atoms with E-state index in [0.29, 0.717) is 11.3 Å². The average Bonchev–Trinajstić information content (AvgIpc) is 2.33. The van der Waals surface area contributed by atoms with E-state index in [-0.39, 0.29) is 11.7 Å². The van der Waals surface area contributed by atoms with E-state index in [1.165, 1.54) is 6.07 Å². The van der Waals surface area contributed by atoms with Crippen LogP contribution in [0.2, 0.25) is 5.15 Å². The number of esters is 1. The van der Waals surface area contributed by atoms with Gasteiger partial charge in [-0.15, -0.1) is 0 Å². The molecule has 0 radical (unpaired) electrons. The van der Waals surface area contributed by atoms with Crippen LogP contribution in [0, 0.1) is 6.92 Å². The number of carbonyl (C=O) groups is 2. The van der Waals surface area contributed by atoms with Gasteiger partial charge in [-0.25, -0.2) is 9.78 Å². The lowest BCUT2D eigenvalue weighted by atomic mass is 10.2. The summed E-state index contributed by atoms with van der Waals surface area (Å²) in [5, 5.41) is 11.9. The zero-order valence-electron chi connectivity index (χ0n) is 9.94. The number of hydrogen-bond donors (Lipinski definition) is 2. The van der Waals surface area contributed by atoms with E-state index >= 15 is 0 Å². The number of halogens is 1. The molecule has 1 amide bonds. The van der Waals surface area contributed by atoms with Crippen molar-refractivity contribution in [1.29, 1.82) is 0 Å². The summed E-state index contributed by atoms with van der Waals surface area (Å²) in [5.41, 5.74) is 0.908. The van der Waals surface area contributed by atoms with E-state index in [1.54, 1.807) is 13.0 Å². The molecular formula is C11H13ClN2O4. The number of hydrogen-bond acceptors (Lipinski definition) is 5. The summed E-state index contributed by atoms with van der Waals surface area (Å²) in [6.07, 6.45) is -1.39. The van der Waals surface area contributed by atoms with Crippen molar-refractivity contribution >= 4 is 23.5 Å². The molecule has 0 bridgehead atoms. The standard InChI is InChI=1S/C11H13ClN2O4/c1-6-3-7(4-9(12)14-6)10(16)13-5-8(15)11(17)18-2/h3-4,8,15H,5H2,1-2H3,(H,13,16). The summed E-state index contributed by atoms with van der Waals surface area (Å²) in [6.45, 7) is 1.47. The van der Waals surface area contributed by atoms with Gasteiger partial charge in [-0.3, -0.25) is 4.79 Å². The molecule has 6 nitrogen and oxygen atoms in total. The lowest BCUT2D eigenvalue weighted by Crippen LogP contribution is -2.37. The van der Waals surface area contributed by atoms with Crippen molar-refractivity contribution in [2.45, 2.75) is 13.0 Å². The lowest BCUT2D eigenvalue weighted by Gasteiger charge is -2.10. The van der Waals surface area contributed by atoms with Crippen LogP contribution in [0.1, 0.15) is 16.1 Å². The van der Waals surface area contributed by atoms with Gasteiger partial charge in [-0.2, -0.15) is 0 Å². The van der Waals surface area contributed by atoms with Crippen molar-refractivity contribution in [3.63, 3.8) is 0 Å². The lowest BCUT2D eigenvalue weighted by molar-refractivity contribution is -0.149. The Balaban J connectivity index is 2.63. The summed E-state index contributed by atoms with van der Waals surface area (Å²) in [5.74, 6) is -1.26. The Morgan fingerprint density at radius 3 is 2.78 bits per heavy atom. The molecule has 18 heavy (non-hydrogen) atoms. The number of aliphatic hydroxyl groups is 1. The molecule has 0 aliphatic rings. The number of carbonyl (C=O) groups excluding carboxylic acids is 2. The maximum absolute atomic E-state index is 11.7. The molecule has 0 aliphatic heterocycles. The quantitative estimate of drug-likeness (QED) is 0.608. The maximum Gasteiger partial charge on any atom is 0.336 e. The Bertz CT molecular complexity index is 444. The summed E-state index contributed by atoms with van der Waals surface area (Å²) >= 11 is 5.72. The van der Waals surface area contributed by atoms with E-state index in [2.05, 4.69) is 15.0 Å². The van der Waals surface area contributed by atoms with Crippen LogP contribution in [0.3, 0.4) is 0 Å². The summed E-state index contributed by atoms with van der Waals surface area (Å²) in [7, 11) is 1.15. The Morgan fingerprint density at radius 2 is 2.22 bits per heavy atom. The number of aryl methyl sites for hydroxylation is 1. The summed E-state index contributed by atoms with van der Waals surface area (Å²) < 4.78 is 4.32. The van der Waals surface area contributed by atoms with Crippen LogP contribution in [0.15, 0.2) is 12.1 Å². The van der Waals surface area contributed by atoms with Gasteiger partial charge in [0.05, 0.1) is 13.7 Å². The van der Waals surface area contributed by atoms with E-state index < -0.39 is 18.0 Å². The second-order valence-electron chi connectivity index (χ2n) is 3.57. The highest BCUT2D eigenvalue weighted by Crippen LogP contribution is 2.10. The van der Waals surface area contributed by atoms with Crippen molar-refractivity contribution in [3.05, 3.63) is 28.5 Å². The van der Waals surface area contributed by atoms with Crippen LogP contribution in [0.5, 0.6) is 0 Å². The molecule has 1 aromatic heterocycles. The number of aliphatic hydroxyl groups excluding tert-OH is 1. The second-order valence-corrected chi connectivity index (χ2v) is 3.96. The van der Waals surface area contributed by atoms with Crippen molar-refractivity contribution in [2.75, 3.05) is 13.7 Å². The van der Waals surface area contributed by atoms with E-state index in [9.17, 15) is 14.7 Å². The molecule has 7 heteroatoms. The molecule has 0 spiro atoms. The van der Waals surface area contributed by atoms with Crippen molar-refractivity contribution in [2.24, 2.45) is 0 Å². The largest absolute Gasteiger partial charge is 0.467 e. The maximum atomic E-state index is 11.7. The zero-order chi connectivity index (χ0) is 13.7. The fourth-order valence-electron chi connectivity index (χ4n) is 1.27. The molecule has 0 aromatic carbocycles. The fourth-order valence-corrected chi connectivity index (χ4v) is 1.52. The number of nitrogens with zero attached hydrogens (tertiary/aromatic N) is 1. The summed E-state index contributed by atoms with van der Waals surface area (Å²) in [4.78, 5) is 26.5. The van der Waals surface area contributed by atoms with Crippen LogP contribution in [-0.4, -0.2) is 41.7 Å². The average molecular weight is 273 g/mol. The number of rotatable bonds is 4. The number of amides is 1. The smallest absolute Gasteiger partial charge is 0.336 e. The van der Waals surface area contributed by atoms with E-state index in [1.807, 2.05) is 0 Å². The minimum Gasteiger partial charge on any atom is -0.467 e. The van der Waals surface area contributed by atoms with Gasteiger partial charge in [0.1, 0.15) is 5.15 Å². The first kappa shape index (κ1) is 14.4. The Labute approximate surface area is 109 Å². The van der Waals surface area contributed by atoms with Crippen molar-refractivity contribution < 1.29 is 19.4 Å². The number of ether oxygens (including phenoxy) is 1. The first-order valence-electron chi connectivity index (χ1n) is 5.12. The number of aromatic nitrogens is 1. The minimum atomic E-state index is -1.39. The van der Waals surface area contributed by atoms with Gasteiger partial charge < -0.3 is 15.2 Å². The highest BCUT2D eigenvalue weighted by atomic mass is 35.5. The molecule has 1 heterocycles. The fraction of sp³-hybridized carbons (Fsp3) is 0.364. The molecule has 0 aliphatic carbocycles. The third-order valence-electron chi connectivity index (χ3n) is 2.11. The van der Waals surface area contributed by atoms with Crippen LogP contribution >= 0.6 is 11.6 Å². The third kappa shape index (κ3) is 3.97. The highest BCUT2D eigenvalue weighted by Gasteiger charge is 2.17. The van der Waals surface area contributed by atoms with Gasteiger partial charge in [-0.05, 0) is 19.1 Å². The van der Waals surface area contributed by atoms with Crippen LogP contribution in [0.25, 0.3) is 0 Å². The normalized spacial score (nSPS) is 11.8. The molecular weight excluding hydrogens is 260 g/mol. The van der Waals surface area contributed by atoms with Gasteiger partial charge in [-0.1, -0.05) is 11.6 Å². The zero-order valence-corrected chi connectivity index (χ0v) is 10.7. The predicted molar refractivity (Wildman–Crippen MR) is 64.3 cm³/mol. The van der Waals surface area contributed by atoms with Crippen LogP contribution < -0.4 is 5.32 Å². The molecule has 0 saturated carbocycles. The van der Waals surface area contributed by atoms with Crippen LogP contribution in [-0.2, 0) is 9.53 Å². The Kier molecular flexibility index (Phi) is 5.06. The van der Waals surface area contributed by atoms with E-state index in [4.69, 9.17) is 11.6 Å². The number of methoxy groups -OCH3 is 1. The number of nitrogens with one attached hydrogen (secondary N) is 1. The second kappa shape index (κ2) is 6.32. The van der Waals surface area contributed by atoms with E-state index in [0.717, 1.165) is 7.11 Å². The minimum absolute atomic E-state index is 0.202. The van der Waals surface area contributed by atoms with Gasteiger partial charge in [0, 0.05) is 11.3 Å². The first-order valence-corrected chi connectivity index (χ1v) is 5.50. The first-order chi connectivity index (χ1) is 8.43. The van der Waals surface area contributed by atoms with Crippen LogP contribution in [0.4, 0.5) is 0 Å². The molecule has 1 rings (SSSR count). The Morgan fingerprint density at radius 1 is 1.56 bits per heavy atom. The molecule has 1 aromatic rings. The van der Waals surface area contributed by atoms with Crippen molar-refractivity contribution in [1.82, 2.24) is 10.3 Å².